The molecule has 2 unspecified atom stereocenters. The number of nitrogens with one attached hydrogen (secondary N) is 1. The molecule has 1 aliphatic rings. The number of aliphatic hydroxyl groups is 1. The standard InChI is InChI=1S/C14H17N5O3/c20-9(4-10-12(21)2-1-3-16-10)6-19-8-18-11-5-15-7-17-13(11)14(19)22/h5,7-8,10,12,16,21H,1-4,6H2. The van der Waals surface area contributed by atoms with Gasteiger partial charge in [-0.05, 0) is 19.4 Å². The zero-order valence-corrected chi connectivity index (χ0v) is 12.0. The van der Waals surface area contributed by atoms with Gasteiger partial charge in [0, 0.05) is 12.5 Å². The fourth-order valence-corrected chi connectivity index (χ4v) is 2.66. The lowest BCUT2D eigenvalue weighted by atomic mass is 9.97. The molecule has 3 rings (SSSR count). The Morgan fingerprint density at radius 3 is 3.14 bits per heavy atom. The summed E-state index contributed by atoms with van der Waals surface area (Å²) in [5, 5.41) is 13.0. The molecule has 0 bridgehead atoms. The predicted octanol–water partition coefficient (Wildman–Crippen LogP) is -0.741. The number of carbonyl (C=O) groups is 1. The van der Waals surface area contributed by atoms with Crippen LogP contribution in [0.15, 0.2) is 23.6 Å². The summed E-state index contributed by atoms with van der Waals surface area (Å²) in [6.45, 7) is 0.722. The lowest BCUT2D eigenvalue weighted by Crippen LogP contribution is -2.46. The van der Waals surface area contributed by atoms with E-state index in [1.165, 1.54) is 23.4 Å². The van der Waals surface area contributed by atoms with E-state index in [1.54, 1.807) is 0 Å². The number of hydrogen-bond acceptors (Lipinski definition) is 7. The maximum absolute atomic E-state index is 12.2. The van der Waals surface area contributed by atoms with E-state index in [0.717, 1.165) is 13.0 Å². The molecule has 2 aromatic heterocycles. The molecule has 1 aliphatic heterocycles. The molecule has 0 amide bonds. The number of rotatable bonds is 4. The maximum Gasteiger partial charge on any atom is 0.280 e. The van der Waals surface area contributed by atoms with Gasteiger partial charge in [0.25, 0.3) is 5.56 Å². The van der Waals surface area contributed by atoms with Crippen LogP contribution in [0.5, 0.6) is 0 Å². The van der Waals surface area contributed by atoms with Crippen LogP contribution >= 0.6 is 0 Å². The molecule has 22 heavy (non-hydrogen) atoms. The molecular formula is C14H17N5O3. The molecule has 8 nitrogen and oxygen atoms in total. The molecule has 1 fully saturated rings. The second-order valence-corrected chi connectivity index (χ2v) is 5.45. The van der Waals surface area contributed by atoms with E-state index >= 15 is 0 Å². The lowest BCUT2D eigenvalue weighted by Gasteiger charge is -2.28. The third kappa shape index (κ3) is 3.02. The van der Waals surface area contributed by atoms with E-state index in [2.05, 4.69) is 20.3 Å². The highest BCUT2D eigenvalue weighted by Crippen LogP contribution is 2.12. The number of hydrogen-bond donors (Lipinski definition) is 2. The lowest BCUT2D eigenvalue weighted by molar-refractivity contribution is -0.121. The zero-order chi connectivity index (χ0) is 15.5. The van der Waals surface area contributed by atoms with Gasteiger partial charge in [-0.2, -0.15) is 0 Å². The Labute approximate surface area is 126 Å². The van der Waals surface area contributed by atoms with Gasteiger partial charge >= 0.3 is 0 Å². The Balaban J connectivity index is 1.74. The molecule has 8 heteroatoms. The number of piperidine rings is 1. The van der Waals surface area contributed by atoms with E-state index in [4.69, 9.17) is 0 Å². The third-order valence-electron chi connectivity index (χ3n) is 3.83. The number of ketones is 1. The molecular weight excluding hydrogens is 286 g/mol. The first-order valence-electron chi connectivity index (χ1n) is 7.23. The van der Waals surface area contributed by atoms with Gasteiger partial charge in [0.05, 0.1) is 25.2 Å². The Kier molecular flexibility index (Phi) is 4.21. The fraction of sp³-hybridized carbons (Fsp3) is 0.500. The summed E-state index contributed by atoms with van der Waals surface area (Å²) >= 11 is 0. The largest absolute Gasteiger partial charge is 0.391 e. The summed E-state index contributed by atoms with van der Waals surface area (Å²) in [5.41, 5.74) is 0.236. The van der Waals surface area contributed by atoms with E-state index in [-0.39, 0.29) is 35.9 Å². The topological polar surface area (TPSA) is 110 Å². The van der Waals surface area contributed by atoms with Gasteiger partial charge in [-0.15, -0.1) is 0 Å². The smallest absolute Gasteiger partial charge is 0.280 e. The summed E-state index contributed by atoms with van der Waals surface area (Å²) in [7, 11) is 0. The van der Waals surface area contributed by atoms with Crippen LogP contribution < -0.4 is 10.9 Å². The van der Waals surface area contributed by atoms with Crippen LogP contribution in [0, 0.1) is 0 Å². The van der Waals surface area contributed by atoms with Gasteiger partial charge in [-0.3, -0.25) is 14.2 Å². The average molecular weight is 303 g/mol. The molecule has 0 aromatic carbocycles. The third-order valence-corrected chi connectivity index (χ3v) is 3.83. The molecule has 0 radical (unpaired) electrons. The molecule has 2 aromatic rings. The van der Waals surface area contributed by atoms with Crippen molar-refractivity contribution < 1.29 is 9.90 Å². The van der Waals surface area contributed by atoms with Gasteiger partial charge in [-0.1, -0.05) is 0 Å². The van der Waals surface area contributed by atoms with E-state index in [1.807, 2.05) is 0 Å². The molecule has 0 saturated carbocycles. The van der Waals surface area contributed by atoms with Crippen LogP contribution in [0.4, 0.5) is 0 Å². The van der Waals surface area contributed by atoms with Crippen molar-refractivity contribution in [2.24, 2.45) is 0 Å². The second-order valence-electron chi connectivity index (χ2n) is 5.45. The number of carbonyl (C=O) groups excluding carboxylic acids is 1. The maximum atomic E-state index is 12.2. The van der Waals surface area contributed by atoms with Crippen LogP contribution in [0.25, 0.3) is 11.0 Å². The molecule has 116 valence electrons. The van der Waals surface area contributed by atoms with Gasteiger partial charge in [0.2, 0.25) is 0 Å². The first kappa shape index (κ1) is 14.7. The van der Waals surface area contributed by atoms with Gasteiger partial charge in [0.1, 0.15) is 11.8 Å². The van der Waals surface area contributed by atoms with Crippen LogP contribution in [-0.4, -0.2) is 49.1 Å². The van der Waals surface area contributed by atoms with Crippen LogP contribution in [0.3, 0.4) is 0 Å². The molecule has 3 heterocycles. The summed E-state index contributed by atoms with van der Waals surface area (Å²) < 4.78 is 1.24. The summed E-state index contributed by atoms with van der Waals surface area (Å²) in [5.74, 6) is -0.129. The molecule has 2 atom stereocenters. The Morgan fingerprint density at radius 2 is 2.32 bits per heavy atom. The molecule has 0 spiro atoms. The highest BCUT2D eigenvalue weighted by Gasteiger charge is 2.25. The average Bonchev–Trinajstić information content (AvgIpc) is 2.53. The number of aromatic nitrogens is 4. The van der Waals surface area contributed by atoms with Crippen molar-refractivity contribution in [1.29, 1.82) is 0 Å². The van der Waals surface area contributed by atoms with Gasteiger partial charge < -0.3 is 10.4 Å². The minimum absolute atomic E-state index is 0.0727. The monoisotopic (exact) mass is 303 g/mol. The van der Waals surface area contributed by atoms with Gasteiger partial charge in [-0.25, -0.2) is 15.0 Å². The number of fused-ring (bicyclic) bond motifs is 1. The minimum Gasteiger partial charge on any atom is -0.391 e. The predicted molar refractivity (Wildman–Crippen MR) is 78.2 cm³/mol. The first-order chi connectivity index (χ1) is 10.6. The Bertz CT molecular complexity index is 745. The highest BCUT2D eigenvalue weighted by molar-refractivity contribution is 5.79. The summed E-state index contributed by atoms with van der Waals surface area (Å²) in [4.78, 5) is 36.2. The molecule has 2 N–H and O–H groups in total. The van der Waals surface area contributed by atoms with Crippen LogP contribution in [0.2, 0.25) is 0 Å². The van der Waals surface area contributed by atoms with Crippen molar-refractivity contribution >= 4 is 16.8 Å². The normalized spacial score (nSPS) is 21.9. The first-order valence-corrected chi connectivity index (χ1v) is 7.23. The minimum atomic E-state index is -0.517. The summed E-state index contributed by atoms with van der Waals surface area (Å²) in [6, 6.07) is -0.243. The van der Waals surface area contributed by atoms with Crippen molar-refractivity contribution in [3.05, 3.63) is 29.2 Å². The van der Waals surface area contributed by atoms with Crippen molar-refractivity contribution in [2.45, 2.75) is 38.0 Å². The quantitative estimate of drug-likeness (QED) is 0.765. The summed E-state index contributed by atoms with van der Waals surface area (Å²) in [6.07, 6.45) is 5.33. The van der Waals surface area contributed by atoms with E-state index < -0.39 is 6.10 Å². The van der Waals surface area contributed by atoms with Crippen molar-refractivity contribution in [3.8, 4) is 0 Å². The van der Waals surface area contributed by atoms with Crippen molar-refractivity contribution in [2.75, 3.05) is 6.54 Å². The van der Waals surface area contributed by atoms with Crippen LogP contribution in [-0.2, 0) is 11.3 Å². The Morgan fingerprint density at radius 1 is 1.45 bits per heavy atom. The number of aliphatic hydroxyl groups excluding tert-OH is 1. The molecule has 1 saturated heterocycles. The van der Waals surface area contributed by atoms with Crippen molar-refractivity contribution in [3.63, 3.8) is 0 Å². The highest BCUT2D eigenvalue weighted by atomic mass is 16.3. The second kappa shape index (κ2) is 6.29. The van der Waals surface area contributed by atoms with Gasteiger partial charge in [0.15, 0.2) is 11.3 Å². The Hall–Kier alpha value is -2.19. The molecule has 0 aliphatic carbocycles. The van der Waals surface area contributed by atoms with E-state index in [0.29, 0.717) is 11.9 Å². The van der Waals surface area contributed by atoms with Crippen LogP contribution in [0.1, 0.15) is 19.3 Å². The SMILES string of the molecule is O=C(CC1NCCCC1O)Cn1cnc2cncnc2c1=O. The van der Waals surface area contributed by atoms with Crippen molar-refractivity contribution in [1.82, 2.24) is 24.8 Å². The van der Waals surface area contributed by atoms with E-state index in [9.17, 15) is 14.7 Å². The number of Topliss-reactive ketones (excluding diaryl/α,β-unsaturated/α-hetero) is 1. The number of nitrogens with zero attached hydrogens (tertiary/aromatic N) is 4. The fourth-order valence-electron chi connectivity index (χ4n) is 2.66. The zero-order valence-electron chi connectivity index (χ0n) is 12.0.